The Morgan fingerprint density at radius 2 is 1.76 bits per heavy atom. The zero-order valence-corrected chi connectivity index (χ0v) is 20.1. The SMILES string of the molecule is COc1ccc(S(=O)(=O)N2CCC(C(=O)N[C@@H](C)C(=O)NCCN3CCOCC3)CC2)cc1. The topological polar surface area (TPSA) is 117 Å². The van der Waals surface area contributed by atoms with Crippen molar-refractivity contribution < 1.29 is 27.5 Å². The lowest BCUT2D eigenvalue weighted by atomic mass is 9.97. The molecule has 3 rings (SSSR count). The van der Waals surface area contributed by atoms with Crippen LogP contribution < -0.4 is 15.4 Å². The van der Waals surface area contributed by atoms with Gasteiger partial charge in [0.15, 0.2) is 0 Å². The molecule has 0 spiro atoms. The van der Waals surface area contributed by atoms with Crippen LogP contribution in [0.3, 0.4) is 0 Å². The van der Waals surface area contributed by atoms with E-state index in [9.17, 15) is 18.0 Å². The average Bonchev–Trinajstić information content (AvgIpc) is 2.84. The number of piperidine rings is 1. The zero-order chi connectivity index (χ0) is 23.8. The van der Waals surface area contributed by atoms with E-state index in [0.29, 0.717) is 38.3 Å². The second kappa shape index (κ2) is 11.8. The van der Waals surface area contributed by atoms with Gasteiger partial charge in [0.2, 0.25) is 21.8 Å². The van der Waals surface area contributed by atoms with Gasteiger partial charge in [-0.05, 0) is 44.0 Å². The van der Waals surface area contributed by atoms with E-state index in [0.717, 1.165) is 19.6 Å². The van der Waals surface area contributed by atoms with Gasteiger partial charge in [0, 0.05) is 45.2 Å². The Bertz CT molecular complexity index is 894. The van der Waals surface area contributed by atoms with Gasteiger partial charge in [-0.15, -0.1) is 0 Å². The number of carbonyl (C=O) groups excluding carboxylic acids is 2. The summed E-state index contributed by atoms with van der Waals surface area (Å²) in [5, 5.41) is 5.63. The molecule has 0 radical (unpaired) electrons. The van der Waals surface area contributed by atoms with Crippen molar-refractivity contribution in [3.05, 3.63) is 24.3 Å². The van der Waals surface area contributed by atoms with E-state index in [-0.39, 0.29) is 35.7 Å². The Morgan fingerprint density at radius 1 is 1.12 bits per heavy atom. The molecular formula is C22H34N4O6S. The van der Waals surface area contributed by atoms with Crippen molar-refractivity contribution in [1.29, 1.82) is 0 Å². The van der Waals surface area contributed by atoms with Crippen LogP contribution in [-0.4, -0.2) is 95.1 Å². The zero-order valence-electron chi connectivity index (χ0n) is 19.3. The third-order valence-corrected chi connectivity index (χ3v) is 8.02. The maximum atomic E-state index is 12.9. The molecule has 2 fully saturated rings. The van der Waals surface area contributed by atoms with E-state index in [1.807, 2.05) is 0 Å². The van der Waals surface area contributed by atoms with E-state index in [4.69, 9.17) is 9.47 Å². The number of amides is 2. The number of morpholine rings is 1. The molecule has 2 saturated heterocycles. The number of methoxy groups -OCH3 is 1. The van der Waals surface area contributed by atoms with Crippen LogP contribution in [0.15, 0.2) is 29.2 Å². The quantitative estimate of drug-likeness (QED) is 0.511. The molecule has 0 bridgehead atoms. The minimum absolute atomic E-state index is 0.202. The Labute approximate surface area is 195 Å². The summed E-state index contributed by atoms with van der Waals surface area (Å²) in [6.07, 6.45) is 0.819. The first-order valence-electron chi connectivity index (χ1n) is 11.3. The molecule has 0 saturated carbocycles. The molecule has 10 nitrogen and oxygen atoms in total. The molecule has 33 heavy (non-hydrogen) atoms. The molecule has 2 aliphatic heterocycles. The van der Waals surface area contributed by atoms with E-state index < -0.39 is 16.1 Å². The van der Waals surface area contributed by atoms with Gasteiger partial charge >= 0.3 is 0 Å². The Kier molecular flexibility index (Phi) is 9.07. The number of benzene rings is 1. The van der Waals surface area contributed by atoms with Crippen molar-refractivity contribution in [2.24, 2.45) is 5.92 Å². The fourth-order valence-corrected chi connectivity index (χ4v) is 5.44. The van der Waals surface area contributed by atoms with Crippen LogP contribution in [0, 0.1) is 5.92 Å². The number of hydrogen-bond donors (Lipinski definition) is 2. The van der Waals surface area contributed by atoms with Gasteiger partial charge in [0.25, 0.3) is 0 Å². The smallest absolute Gasteiger partial charge is 0.243 e. The van der Waals surface area contributed by atoms with Gasteiger partial charge in [-0.25, -0.2) is 8.42 Å². The molecule has 0 aromatic heterocycles. The molecule has 1 aromatic rings. The normalized spacial score (nSPS) is 19.6. The van der Waals surface area contributed by atoms with Crippen molar-refractivity contribution in [3.63, 3.8) is 0 Å². The lowest BCUT2D eigenvalue weighted by molar-refractivity contribution is -0.131. The number of sulfonamides is 1. The molecule has 1 atom stereocenters. The number of hydrogen-bond acceptors (Lipinski definition) is 7. The molecule has 0 aliphatic carbocycles. The van der Waals surface area contributed by atoms with Crippen LogP contribution in [0.4, 0.5) is 0 Å². The molecule has 0 unspecified atom stereocenters. The molecule has 2 heterocycles. The van der Waals surface area contributed by atoms with Crippen molar-refractivity contribution in [2.45, 2.75) is 30.7 Å². The maximum Gasteiger partial charge on any atom is 0.243 e. The summed E-state index contributed by atoms with van der Waals surface area (Å²) in [4.78, 5) is 27.4. The molecule has 11 heteroatoms. The maximum absolute atomic E-state index is 12.9. The monoisotopic (exact) mass is 482 g/mol. The van der Waals surface area contributed by atoms with E-state index in [1.54, 1.807) is 19.1 Å². The molecular weight excluding hydrogens is 448 g/mol. The Morgan fingerprint density at radius 3 is 2.36 bits per heavy atom. The predicted octanol–water partition coefficient (Wildman–Crippen LogP) is 0.0490. The second-order valence-electron chi connectivity index (χ2n) is 8.33. The van der Waals surface area contributed by atoms with Crippen molar-refractivity contribution in [3.8, 4) is 5.75 Å². The molecule has 2 N–H and O–H groups in total. The number of carbonyl (C=O) groups is 2. The highest BCUT2D eigenvalue weighted by Crippen LogP contribution is 2.25. The lowest BCUT2D eigenvalue weighted by Gasteiger charge is -2.31. The lowest BCUT2D eigenvalue weighted by Crippen LogP contribution is -2.50. The average molecular weight is 483 g/mol. The van der Waals surface area contributed by atoms with Gasteiger partial charge in [0.05, 0.1) is 25.2 Å². The van der Waals surface area contributed by atoms with Crippen molar-refractivity contribution >= 4 is 21.8 Å². The van der Waals surface area contributed by atoms with Crippen LogP contribution in [0.2, 0.25) is 0 Å². The van der Waals surface area contributed by atoms with Crippen LogP contribution in [-0.2, 0) is 24.3 Å². The van der Waals surface area contributed by atoms with Crippen LogP contribution in [0.25, 0.3) is 0 Å². The first-order chi connectivity index (χ1) is 15.8. The first kappa shape index (κ1) is 25.4. The number of ether oxygens (including phenoxy) is 2. The summed E-state index contributed by atoms with van der Waals surface area (Å²) < 4.78 is 37.5. The number of nitrogens with one attached hydrogen (secondary N) is 2. The summed E-state index contributed by atoms with van der Waals surface area (Å²) in [7, 11) is -2.10. The summed E-state index contributed by atoms with van der Waals surface area (Å²) >= 11 is 0. The van der Waals surface area contributed by atoms with Crippen LogP contribution in [0.5, 0.6) is 5.75 Å². The third-order valence-electron chi connectivity index (χ3n) is 6.10. The number of rotatable bonds is 9. The highest BCUT2D eigenvalue weighted by atomic mass is 32.2. The van der Waals surface area contributed by atoms with Crippen LogP contribution in [0.1, 0.15) is 19.8 Å². The minimum atomic E-state index is -3.62. The van der Waals surface area contributed by atoms with E-state index >= 15 is 0 Å². The standard InChI is InChI=1S/C22H34N4O6S/c1-17(21(27)23-9-12-25-13-15-32-16-14-25)24-22(28)18-7-10-26(11-8-18)33(29,30)20-5-3-19(31-2)4-6-20/h3-6,17-18H,7-16H2,1-2H3,(H,23,27)(H,24,28)/t17-/m0/s1. The minimum Gasteiger partial charge on any atom is -0.497 e. The summed E-state index contributed by atoms with van der Waals surface area (Å²) in [5.41, 5.74) is 0. The molecule has 2 amide bonds. The summed E-state index contributed by atoms with van der Waals surface area (Å²) in [5.74, 6) is -0.178. The number of nitrogens with zero attached hydrogens (tertiary/aromatic N) is 2. The van der Waals surface area contributed by atoms with Crippen LogP contribution >= 0.6 is 0 Å². The fourth-order valence-electron chi connectivity index (χ4n) is 3.97. The molecule has 1 aromatic carbocycles. The van der Waals surface area contributed by atoms with Crippen molar-refractivity contribution in [2.75, 3.05) is 59.6 Å². The predicted molar refractivity (Wildman–Crippen MR) is 122 cm³/mol. The van der Waals surface area contributed by atoms with Gasteiger partial charge in [-0.3, -0.25) is 14.5 Å². The van der Waals surface area contributed by atoms with Gasteiger partial charge < -0.3 is 20.1 Å². The summed E-state index contributed by atoms with van der Waals surface area (Å²) in [6, 6.07) is 5.61. The van der Waals surface area contributed by atoms with Gasteiger partial charge in [-0.2, -0.15) is 4.31 Å². The van der Waals surface area contributed by atoms with Gasteiger partial charge in [0.1, 0.15) is 11.8 Å². The Hall–Kier alpha value is -2.21. The Balaban J connectivity index is 1.42. The van der Waals surface area contributed by atoms with Gasteiger partial charge in [-0.1, -0.05) is 0 Å². The van der Waals surface area contributed by atoms with E-state index in [1.165, 1.54) is 23.5 Å². The van der Waals surface area contributed by atoms with Crippen molar-refractivity contribution in [1.82, 2.24) is 19.8 Å². The van der Waals surface area contributed by atoms with E-state index in [2.05, 4.69) is 15.5 Å². The third kappa shape index (κ3) is 6.89. The second-order valence-corrected chi connectivity index (χ2v) is 10.3. The highest BCUT2D eigenvalue weighted by molar-refractivity contribution is 7.89. The largest absolute Gasteiger partial charge is 0.497 e. The molecule has 2 aliphatic rings. The fraction of sp³-hybridized carbons (Fsp3) is 0.636. The summed E-state index contributed by atoms with van der Waals surface area (Å²) in [6.45, 7) is 6.56. The highest BCUT2D eigenvalue weighted by Gasteiger charge is 2.33. The first-order valence-corrected chi connectivity index (χ1v) is 12.8. The molecule has 184 valence electrons.